The maximum atomic E-state index is 11.8. The van der Waals surface area contributed by atoms with E-state index < -0.39 is 13.5 Å². The molecule has 0 saturated heterocycles. The summed E-state index contributed by atoms with van der Waals surface area (Å²) in [6, 6.07) is 1.92. The zero-order chi connectivity index (χ0) is 13.6. The summed E-state index contributed by atoms with van der Waals surface area (Å²) in [6.07, 6.45) is 1.76. The number of hydrogen-bond acceptors (Lipinski definition) is 2. The molecule has 4 heteroatoms. The molecule has 1 aromatic rings. The van der Waals surface area contributed by atoms with Crippen LogP contribution in [-0.4, -0.2) is 19.0 Å². The van der Waals surface area contributed by atoms with Crippen molar-refractivity contribution < 1.29 is 4.79 Å². The van der Waals surface area contributed by atoms with Gasteiger partial charge in [0.05, 0.1) is 16.8 Å². The Labute approximate surface area is 109 Å². The third-order valence-electron chi connectivity index (χ3n) is 2.88. The number of amides is 1. The number of anilines is 1. The number of carbonyl (C=O) groups is 1. The molecule has 1 aliphatic rings. The summed E-state index contributed by atoms with van der Waals surface area (Å²) in [4.78, 5) is 16.2. The Morgan fingerprint density at radius 1 is 1.33 bits per heavy atom. The Hall–Kier alpha value is -1.60. The SMILES string of the molecule is CC1(C)C(=O)Nc2cc(C#C[Si](C)(C)C)cnc21. The molecule has 1 aliphatic heterocycles. The monoisotopic (exact) mass is 258 g/mol. The number of aromatic nitrogens is 1. The second kappa shape index (κ2) is 3.96. The fraction of sp³-hybridized carbons (Fsp3) is 0.429. The minimum atomic E-state index is -1.38. The van der Waals surface area contributed by atoms with E-state index in [1.54, 1.807) is 6.20 Å². The van der Waals surface area contributed by atoms with Crippen LogP contribution in [0.4, 0.5) is 5.69 Å². The van der Waals surface area contributed by atoms with Crippen LogP contribution in [-0.2, 0) is 10.2 Å². The largest absolute Gasteiger partial charge is 0.324 e. The van der Waals surface area contributed by atoms with Crippen molar-refractivity contribution in [2.24, 2.45) is 0 Å². The van der Waals surface area contributed by atoms with Gasteiger partial charge in [0.25, 0.3) is 0 Å². The topological polar surface area (TPSA) is 42.0 Å². The highest BCUT2D eigenvalue weighted by molar-refractivity contribution is 6.83. The summed E-state index contributed by atoms with van der Waals surface area (Å²) in [7, 11) is -1.38. The molecule has 0 unspecified atom stereocenters. The highest BCUT2D eigenvalue weighted by Gasteiger charge is 2.39. The van der Waals surface area contributed by atoms with Gasteiger partial charge in [0.15, 0.2) is 0 Å². The molecule has 0 saturated carbocycles. The Kier molecular flexibility index (Phi) is 2.82. The van der Waals surface area contributed by atoms with E-state index in [0.717, 1.165) is 16.9 Å². The zero-order valence-electron chi connectivity index (χ0n) is 11.5. The molecule has 0 aromatic carbocycles. The number of nitrogens with one attached hydrogen (secondary N) is 1. The standard InChI is InChI=1S/C14H18N2OSi/c1-14(2)12-11(16-13(14)17)8-10(9-15-12)6-7-18(3,4)5/h8-9H,1-5H3,(H,16,17). The van der Waals surface area contributed by atoms with Gasteiger partial charge in [-0.3, -0.25) is 9.78 Å². The number of carbonyl (C=O) groups excluding carboxylic acids is 1. The van der Waals surface area contributed by atoms with Crippen LogP contribution in [0.2, 0.25) is 19.6 Å². The van der Waals surface area contributed by atoms with Gasteiger partial charge in [-0.1, -0.05) is 25.6 Å². The van der Waals surface area contributed by atoms with Gasteiger partial charge in [-0.05, 0) is 19.9 Å². The minimum absolute atomic E-state index is 0.000283. The predicted octanol–water partition coefficient (Wildman–Crippen LogP) is 2.54. The van der Waals surface area contributed by atoms with Crippen LogP contribution in [0.3, 0.4) is 0 Å². The molecule has 0 bridgehead atoms. The van der Waals surface area contributed by atoms with Crippen LogP contribution in [0, 0.1) is 11.5 Å². The molecule has 1 amide bonds. The van der Waals surface area contributed by atoms with Crippen LogP contribution in [0.5, 0.6) is 0 Å². The summed E-state index contributed by atoms with van der Waals surface area (Å²) in [6.45, 7) is 10.4. The average Bonchev–Trinajstić information content (AvgIpc) is 2.46. The van der Waals surface area contributed by atoms with Crippen molar-refractivity contribution in [2.45, 2.75) is 38.9 Å². The van der Waals surface area contributed by atoms with E-state index >= 15 is 0 Å². The molecule has 2 heterocycles. The van der Waals surface area contributed by atoms with Gasteiger partial charge in [0, 0.05) is 11.8 Å². The van der Waals surface area contributed by atoms with Gasteiger partial charge in [0.2, 0.25) is 5.91 Å². The van der Waals surface area contributed by atoms with E-state index in [2.05, 4.69) is 41.4 Å². The summed E-state index contributed by atoms with van der Waals surface area (Å²) in [5.74, 6) is 3.15. The first-order chi connectivity index (χ1) is 8.20. The molecule has 0 spiro atoms. The lowest BCUT2D eigenvalue weighted by atomic mass is 9.90. The molecule has 3 nitrogen and oxygen atoms in total. The third-order valence-corrected chi connectivity index (χ3v) is 3.75. The fourth-order valence-corrected chi connectivity index (χ4v) is 2.29. The summed E-state index contributed by atoms with van der Waals surface area (Å²) >= 11 is 0. The lowest BCUT2D eigenvalue weighted by molar-refractivity contribution is -0.119. The first-order valence-electron chi connectivity index (χ1n) is 6.05. The zero-order valence-corrected chi connectivity index (χ0v) is 12.5. The Morgan fingerprint density at radius 3 is 2.61 bits per heavy atom. The van der Waals surface area contributed by atoms with E-state index in [1.807, 2.05) is 19.9 Å². The van der Waals surface area contributed by atoms with Crippen molar-refractivity contribution in [2.75, 3.05) is 5.32 Å². The first kappa shape index (κ1) is 12.8. The van der Waals surface area contributed by atoms with Gasteiger partial charge in [-0.15, -0.1) is 5.54 Å². The van der Waals surface area contributed by atoms with Crippen LogP contribution >= 0.6 is 0 Å². The molecule has 2 rings (SSSR count). The molecule has 0 fully saturated rings. The second-order valence-corrected chi connectivity index (χ2v) is 10.9. The Morgan fingerprint density at radius 2 is 2.00 bits per heavy atom. The van der Waals surface area contributed by atoms with Crippen molar-refractivity contribution in [3.63, 3.8) is 0 Å². The van der Waals surface area contributed by atoms with Crippen molar-refractivity contribution in [1.82, 2.24) is 4.98 Å². The average molecular weight is 258 g/mol. The normalized spacial score (nSPS) is 16.6. The smallest absolute Gasteiger partial charge is 0.236 e. The highest BCUT2D eigenvalue weighted by Crippen LogP contribution is 2.35. The van der Waals surface area contributed by atoms with Gasteiger partial charge >= 0.3 is 0 Å². The van der Waals surface area contributed by atoms with Gasteiger partial charge in [-0.2, -0.15) is 0 Å². The second-order valence-electron chi connectivity index (χ2n) is 6.20. The third kappa shape index (κ3) is 2.32. The molecule has 0 aliphatic carbocycles. The Bertz CT molecular complexity index is 574. The molecular weight excluding hydrogens is 240 g/mol. The Balaban J connectivity index is 2.39. The van der Waals surface area contributed by atoms with Crippen molar-refractivity contribution in [3.05, 3.63) is 23.5 Å². The number of nitrogens with zero attached hydrogens (tertiary/aromatic N) is 1. The van der Waals surface area contributed by atoms with E-state index in [1.165, 1.54) is 0 Å². The molecule has 1 N–H and O–H groups in total. The number of hydrogen-bond donors (Lipinski definition) is 1. The van der Waals surface area contributed by atoms with Gasteiger partial charge < -0.3 is 5.32 Å². The van der Waals surface area contributed by atoms with E-state index in [0.29, 0.717) is 0 Å². The lowest BCUT2D eigenvalue weighted by Gasteiger charge is -2.13. The summed E-state index contributed by atoms with van der Waals surface area (Å²) < 4.78 is 0. The molecular formula is C14H18N2OSi. The molecule has 94 valence electrons. The van der Waals surface area contributed by atoms with Crippen molar-refractivity contribution >= 4 is 19.7 Å². The highest BCUT2D eigenvalue weighted by atomic mass is 28.3. The predicted molar refractivity (Wildman–Crippen MR) is 76.1 cm³/mol. The fourth-order valence-electron chi connectivity index (χ4n) is 1.77. The maximum absolute atomic E-state index is 11.8. The van der Waals surface area contributed by atoms with Crippen LogP contribution in [0.25, 0.3) is 0 Å². The van der Waals surface area contributed by atoms with E-state index in [4.69, 9.17) is 0 Å². The number of rotatable bonds is 0. The van der Waals surface area contributed by atoms with Crippen molar-refractivity contribution in [1.29, 1.82) is 0 Å². The lowest BCUT2D eigenvalue weighted by Crippen LogP contribution is -2.27. The molecule has 18 heavy (non-hydrogen) atoms. The molecule has 0 atom stereocenters. The van der Waals surface area contributed by atoms with Crippen LogP contribution < -0.4 is 5.32 Å². The summed E-state index contributed by atoms with van der Waals surface area (Å²) in [5, 5.41) is 2.87. The van der Waals surface area contributed by atoms with E-state index in [-0.39, 0.29) is 5.91 Å². The number of pyridine rings is 1. The van der Waals surface area contributed by atoms with Crippen LogP contribution in [0.15, 0.2) is 12.3 Å². The van der Waals surface area contributed by atoms with Crippen LogP contribution in [0.1, 0.15) is 25.1 Å². The molecule has 0 radical (unpaired) electrons. The summed E-state index contributed by atoms with van der Waals surface area (Å²) in [5.41, 5.74) is 5.24. The minimum Gasteiger partial charge on any atom is -0.324 e. The quantitative estimate of drug-likeness (QED) is 0.574. The van der Waals surface area contributed by atoms with Gasteiger partial charge in [-0.25, -0.2) is 0 Å². The number of fused-ring (bicyclic) bond motifs is 1. The molecule has 1 aromatic heterocycles. The van der Waals surface area contributed by atoms with E-state index in [9.17, 15) is 4.79 Å². The van der Waals surface area contributed by atoms with Crippen molar-refractivity contribution in [3.8, 4) is 11.5 Å². The maximum Gasteiger partial charge on any atom is 0.236 e. The van der Waals surface area contributed by atoms with Gasteiger partial charge in [0.1, 0.15) is 8.07 Å². The first-order valence-corrected chi connectivity index (χ1v) is 9.55.